The van der Waals surface area contributed by atoms with Crippen molar-refractivity contribution in [3.05, 3.63) is 33.0 Å². The maximum atomic E-state index is 5.29. The summed E-state index contributed by atoms with van der Waals surface area (Å²) in [4.78, 5) is 4.96. The SMILES string of the molecule is Cc1ccc(C(C)N(C)Cn2ncn(C)c2=S)s1. The Labute approximate surface area is 116 Å². The molecule has 2 aromatic rings. The average molecular weight is 282 g/mol. The van der Waals surface area contributed by atoms with Crippen molar-refractivity contribution in [1.82, 2.24) is 19.2 Å². The Kier molecular flexibility index (Phi) is 3.99. The molecule has 6 heteroatoms. The summed E-state index contributed by atoms with van der Waals surface area (Å²) in [5.41, 5.74) is 0. The minimum absolute atomic E-state index is 0.368. The molecule has 0 saturated heterocycles. The maximum Gasteiger partial charge on any atom is 0.198 e. The molecule has 0 aromatic carbocycles. The first-order valence-electron chi connectivity index (χ1n) is 5.84. The van der Waals surface area contributed by atoms with Gasteiger partial charge in [-0.25, -0.2) is 4.68 Å². The van der Waals surface area contributed by atoms with Gasteiger partial charge in [0.25, 0.3) is 0 Å². The molecule has 2 heterocycles. The van der Waals surface area contributed by atoms with E-state index in [1.807, 2.05) is 27.6 Å². The van der Waals surface area contributed by atoms with Crippen LogP contribution in [0.1, 0.15) is 22.7 Å². The maximum absolute atomic E-state index is 5.29. The summed E-state index contributed by atoms with van der Waals surface area (Å²) in [6.45, 7) is 5.05. The fourth-order valence-electron chi connectivity index (χ4n) is 1.75. The van der Waals surface area contributed by atoms with Crippen molar-refractivity contribution in [1.29, 1.82) is 0 Å². The van der Waals surface area contributed by atoms with E-state index in [1.165, 1.54) is 9.75 Å². The molecule has 0 saturated carbocycles. The van der Waals surface area contributed by atoms with Crippen LogP contribution in [-0.4, -0.2) is 26.3 Å². The number of hydrogen-bond donors (Lipinski definition) is 0. The summed E-state index contributed by atoms with van der Waals surface area (Å²) >= 11 is 7.13. The normalized spacial score (nSPS) is 13.2. The van der Waals surface area contributed by atoms with Crippen molar-refractivity contribution in [2.45, 2.75) is 26.6 Å². The van der Waals surface area contributed by atoms with Gasteiger partial charge in [0, 0.05) is 22.8 Å². The molecule has 2 rings (SSSR count). The number of rotatable bonds is 4. The van der Waals surface area contributed by atoms with E-state index < -0.39 is 0 Å². The predicted molar refractivity (Wildman–Crippen MR) is 77.3 cm³/mol. The fraction of sp³-hybridized carbons (Fsp3) is 0.500. The summed E-state index contributed by atoms with van der Waals surface area (Å²) in [5, 5.41) is 4.27. The molecule has 0 amide bonds. The highest BCUT2D eigenvalue weighted by molar-refractivity contribution is 7.71. The van der Waals surface area contributed by atoms with Crippen LogP contribution in [0.25, 0.3) is 0 Å². The molecular weight excluding hydrogens is 264 g/mol. The Morgan fingerprint density at radius 2 is 2.22 bits per heavy atom. The van der Waals surface area contributed by atoms with E-state index in [9.17, 15) is 0 Å². The Bertz CT molecular complexity index is 581. The zero-order valence-electron chi connectivity index (χ0n) is 11.1. The highest BCUT2D eigenvalue weighted by Crippen LogP contribution is 2.26. The van der Waals surface area contributed by atoms with Crippen molar-refractivity contribution < 1.29 is 0 Å². The van der Waals surface area contributed by atoms with Gasteiger partial charge in [0.05, 0.1) is 6.67 Å². The summed E-state index contributed by atoms with van der Waals surface area (Å²) in [6.07, 6.45) is 1.75. The van der Waals surface area contributed by atoms with Gasteiger partial charge in [-0.2, -0.15) is 5.10 Å². The molecule has 0 aliphatic rings. The lowest BCUT2D eigenvalue weighted by atomic mass is 10.2. The summed E-state index contributed by atoms with van der Waals surface area (Å²) in [5.74, 6) is 0. The third kappa shape index (κ3) is 2.71. The third-order valence-electron chi connectivity index (χ3n) is 3.08. The highest BCUT2D eigenvalue weighted by atomic mass is 32.1. The molecule has 0 bridgehead atoms. The minimum atomic E-state index is 0.368. The molecule has 0 N–H and O–H groups in total. The topological polar surface area (TPSA) is 26.0 Å². The van der Waals surface area contributed by atoms with Crippen molar-refractivity contribution in [3.63, 3.8) is 0 Å². The molecule has 4 nitrogen and oxygen atoms in total. The molecule has 18 heavy (non-hydrogen) atoms. The van der Waals surface area contributed by atoms with E-state index in [1.54, 1.807) is 6.33 Å². The predicted octanol–water partition coefficient (Wildman–Crippen LogP) is 2.97. The second-order valence-corrected chi connectivity index (χ2v) is 6.23. The molecule has 1 atom stereocenters. The Hall–Kier alpha value is -0.980. The standard InChI is InChI=1S/C12H18N4S2/c1-9-5-6-11(18-9)10(2)15(4)8-16-12(17)14(3)7-13-16/h5-7,10H,8H2,1-4H3. The quantitative estimate of drug-likeness (QED) is 0.806. The fourth-order valence-corrected chi connectivity index (χ4v) is 2.89. The van der Waals surface area contributed by atoms with Crippen molar-refractivity contribution in [2.24, 2.45) is 7.05 Å². The molecule has 0 aliphatic heterocycles. The van der Waals surface area contributed by atoms with Gasteiger partial charge >= 0.3 is 0 Å². The van der Waals surface area contributed by atoms with Crippen molar-refractivity contribution in [2.75, 3.05) is 7.05 Å². The molecule has 98 valence electrons. The van der Waals surface area contributed by atoms with E-state index in [4.69, 9.17) is 12.2 Å². The van der Waals surface area contributed by atoms with Crippen molar-refractivity contribution in [3.8, 4) is 0 Å². The number of thiophene rings is 1. The second kappa shape index (κ2) is 5.34. The molecular formula is C12H18N4S2. The largest absolute Gasteiger partial charge is 0.310 e. The third-order valence-corrected chi connectivity index (χ3v) is 4.75. The first-order chi connectivity index (χ1) is 8.49. The first kappa shape index (κ1) is 13.5. The van der Waals surface area contributed by atoms with Gasteiger partial charge in [-0.15, -0.1) is 11.3 Å². The van der Waals surface area contributed by atoms with Gasteiger partial charge in [-0.3, -0.25) is 4.90 Å². The van der Waals surface area contributed by atoms with Crippen LogP contribution in [-0.2, 0) is 13.7 Å². The van der Waals surface area contributed by atoms with E-state index >= 15 is 0 Å². The van der Waals surface area contributed by atoms with Crippen LogP contribution >= 0.6 is 23.6 Å². The first-order valence-corrected chi connectivity index (χ1v) is 7.06. The smallest absolute Gasteiger partial charge is 0.198 e. The summed E-state index contributed by atoms with van der Waals surface area (Å²) in [7, 11) is 4.01. The Balaban J connectivity index is 2.10. The Morgan fingerprint density at radius 3 is 2.72 bits per heavy atom. The summed E-state index contributed by atoms with van der Waals surface area (Å²) in [6, 6.07) is 4.72. The van der Waals surface area contributed by atoms with Crippen LogP contribution in [0.15, 0.2) is 18.5 Å². The molecule has 0 spiro atoms. The average Bonchev–Trinajstić information content (AvgIpc) is 2.89. The van der Waals surface area contributed by atoms with Crippen LogP contribution in [0.3, 0.4) is 0 Å². The number of hydrogen-bond acceptors (Lipinski definition) is 4. The molecule has 0 radical (unpaired) electrons. The zero-order chi connectivity index (χ0) is 13.3. The molecule has 0 aliphatic carbocycles. The van der Waals surface area contributed by atoms with Gasteiger partial charge in [0.15, 0.2) is 4.77 Å². The van der Waals surface area contributed by atoms with E-state index in [-0.39, 0.29) is 0 Å². The highest BCUT2D eigenvalue weighted by Gasteiger charge is 2.14. The van der Waals surface area contributed by atoms with E-state index in [2.05, 4.69) is 43.0 Å². The van der Waals surface area contributed by atoms with E-state index in [0.29, 0.717) is 12.7 Å². The monoisotopic (exact) mass is 282 g/mol. The molecule has 1 unspecified atom stereocenters. The number of nitrogens with zero attached hydrogens (tertiary/aromatic N) is 4. The lowest BCUT2D eigenvalue weighted by Gasteiger charge is -2.23. The lowest BCUT2D eigenvalue weighted by molar-refractivity contribution is 0.197. The molecule has 0 fully saturated rings. The van der Waals surface area contributed by atoms with E-state index in [0.717, 1.165) is 4.77 Å². The van der Waals surface area contributed by atoms with Gasteiger partial charge in [0.2, 0.25) is 0 Å². The van der Waals surface area contributed by atoms with Crippen molar-refractivity contribution >= 4 is 23.6 Å². The van der Waals surface area contributed by atoms with Crippen LogP contribution in [0.2, 0.25) is 0 Å². The van der Waals surface area contributed by atoms with Crippen LogP contribution in [0.5, 0.6) is 0 Å². The lowest BCUT2D eigenvalue weighted by Crippen LogP contribution is -2.25. The van der Waals surface area contributed by atoms with Crippen LogP contribution in [0, 0.1) is 11.7 Å². The van der Waals surface area contributed by atoms with Gasteiger partial charge in [-0.1, -0.05) is 0 Å². The number of aryl methyl sites for hydroxylation is 2. The number of aromatic nitrogens is 3. The summed E-state index contributed by atoms with van der Waals surface area (Å²) < 4.78 is 4.44. The molecule has 2 aromatic heterocycles. The second-order valence-electron chi connectivity index (χ2n) is 4.55. The van der Waals surface area contributed by atoms with Gasteiger partial charge < -0.3 is 4.57 Å². The van der Waals surface area contributed by atoms with Gasteiger partial charge in [0.1, 0.15) is 6.33 Å². The van der Waals surface area contributed by atoms with Gasteiger partial charge in [-0.05, 0) is 45.2 Å². The Morgan fingerprint density at radius 1 is 1.50 bits per heavy atom. The van der Waals surface area contributed by atoms with Crippen LogP contribution < -0.4 is 0 Å². The van der Waals surface area contributed by atoms with Crippen LogP contribution in [0.4, 0.5) is 0 Å². The minimum Gasteiger partial charge on any atom is -0.310 e. The zero-order valence-corrected chi connectivity index (χ0v) is 12.8.